The fraction of sp³-hybridized carbons (Fsp3) is 0.417. The van der Waals surface area contributed by atoms with Gasteiger partial charge in [0, 0.05) is 18.3 Å². The lowest BCUT2D eigenvalue weighted by Gasteiger charge is -2.20. The first-order valence-electron chi connectivity index (χ1n) is 5.22. The van der Waals surface area contributed by atoms with Crippen LogP contribution in [0.25, 0.3) is 5.65 Å². The summed E-state index contributed by atoms with van der Waals surface area (Å²) >= 11 is 0. The van der Waals surface area contributed by atoms with E-state index in [-0.39, 0.29) is 5.54 Å². The van der Waals surface area contributed by atoms with Crippen molar-refractivity contribution in [2.75, 3.05) is 0 Å². The molecule has 0 aliphatic heterocycles. The molecule has 0 saturated heterocycles. The molecule has 3 heteroatoms. The lowest BCUT2D eigenvalue weighted by atomic mass is 10.1. The van der Waals surface area contributed by atoms with Gasteiger partial charge in [0.25, 0.3) is 0 Å². The van der Waals surface area contributed by atoms with Crippen molar-refractivity contribution in [2.24, 2.45) is 0 Å². The van der Waals surface area contributed by atoms with Crippen molar-refractivity contribution in [3.63, 3.8) is 0 Å². The normalized spacial score (nSPS) is 12.2. The minimum atomic E-state index is 0.138. The van der Waals surface area contributed by atoms with Gasteiger partial charge in [-0.05, 0) is 32.9 Å². The van der Waals surface area contributed by atoms with E-state index in [0.717, 1.165) is 12.2 Å². The van der Waals surface area contributed by atoms with Gasteiger partial charge in [0.05, 0.1) is 11.9 Å². The fourth-order valence-electron chi connectivity index (χ4n) is 1.47. The molecule has 0 atom stereocenters. The Morgan fingerprint density at radius 1 is 1.33 bits per heavy atom. The predicted octanol–water partition coefficient (Wildman–Crippen LogP) is 2.22. The van der Waals surface area contributed by atoms with Crippen molar-refractivity contribution >= 4 is 5.65 Å². The van der Waals surface area contributed by atoms with Gasteiger partial charge in [-0.2, -0.15) is 0 Å². The van der Waals surface area contributed by atoms with Crippen LogP contribution in [0.3, 0.4) is 0 Å². The quantitative estimate of drug-likeness (QED) is 0.811. The minimum absolute atomic E-state index is 0.138. The Hall–Kier alpha value is -1.35. The van der Waals surface area contributed by atoms with Crippen LogP contribution in [-0.4, -0.2) is 14.9 Å². The average molecular weight is 203 g/mol. The molecule has 0 unspecified atom stereocenters. The Balaban J connectivity index is 2.22. The van der Waals surface area contributed by atoms with Crippen molar-refractivity contribution in [1.29, 1.82) is 0 Å². The summed E-state index contributed by atoms with van der Waals surface area (Å²) in [5, 5.41) is 3.46. The molecule has 0 amide bonds. The largest absolute Gasteiger partial charge is 0.306 e. The van der Waals surface area contributed by atoms with E-state index in [2.05, 4.69) is 35.5 Å². The first kappa shape index (κ1) is 10.2. The average Bonchev–Trinajstić information content (AvgIpc) is 2.57. The zero-order valence-corrected chi connectivity index (χ0v) is 9.49. The van der Waals surface area contributed by atoms with Crippen molar-refractivity contribution in [3.8, 4) is 0 Å². The van der Waals surface area contributed by atoms with Crippen LogP contribution in [0.15, 0.2) is 30.6 Å². The second kappa shape index (κ2) is 3.66. The number of fused-ring (bicyclic) bond motifs is 1. The minimum Gasteiger partial charge on any atom is -0.306 e. The summed E-state index contributed by atoms with van der Waals surface area (Å²) < 4.78 is 2.11. The molecular weight excluding hydrogens is 186 g/mol. The number of nitrogens with zero attached hydrogens (tertiary/aromatic N) is 2. The summed E-state index contributed by atoms with van der Waals surface area (Å²) in [5.41, 5.74) is 2.34. The van der Waals surface area contributed by atoms with Crippen LogP contribution in [0.1, 0.15) is 26.5 Å². The summed E-state index contributed by atoms with van der Waals surface area (Å²) in [6, 6.07) is 6.04. The predicted molar refractivity (Wildman–Crippen MR) is 61.8 cm³/mol. The van der Waals surface area contributed by atoms with Crippen LogP contribution in [-0.2, 0) is 6.54 Å². The van der Waals surface area contributed by atoms with Crippen LogP contribution in [0.2, 0.25) is 0 Å². The van der Waals surface area contributed by atoms with Gasteiger partial charge < -0.3 is 9.72 Å². The van der Waals surface area contributed by atoms with Gasteiger partial charge in [-0.25, -0.2) is 4.98 Å². The number of rotatable bonds is 2. The van der Waals surface area contributed by atoms with Crippen molar-refractivity contribution in [3.05, 3.63) is 36.3 Å². The Morgan fingerprint density at radius 2 is 2.13 bits per heavy atom. The maximum Gasteiger partial charge on any atom is 0.136 e. The third-order valence-corrected chi connectivity index (χ3v) is 2.29. The fourth-order valence-corrected chi connectivity index (χ4v) is 1.47. The number of hydrogen-bond donors (Lipinski definition) is 1. The van der Waals surface area contributed by atoms with E-state index < -0.39 is 0 Å². The molecule has 0 radical (unpaired) electrons. The summed E-state index contributed by atoms with van der Waals surface area (Å²) in [6.45, 7) is 7.33. The molecule has 0 aliphatic rings. The molecule has 80 valence electrons. The van der Waals surface area contributed by atoms with Gasteiger partial charge in [-0.3, -0.25) is 0 Å². The molecule has 0 bridgehead atoms. The second-order valence-corrected chi connectivity index (χ2v) is 4.78. The summed E-state index contributed by atoms with van der Waals surface area (Å²) in [7, 11) is 0. The van der Waals surface area contributed by atoms with E-state index in [9.17, 15) is 0 Å². The van der Waals surface area contributed by atoms with Gasteiger partial charge in [0.15, 0.2) is 0 Å². The second-order valence-electron chi connectivity index (χ2n) is 4.78. The van der Waals surface area contributed by atoms with Crippen LogP contribution in [0.5, 0.6) is 0 Å². The molecule has 0 aromatic carbocycles. The Labute approximate surface area is 90.1 Å². The lowest BCUT2D eigenvalue weighted by molar-refractivity contribution is 0.420. The number of aromatic nitrogens is 2. The monoisotopic (exact) mass is 203 g/mol. The van der Waals surface area contributed by atoms with Crippen molar-refractivity contribution < 1.29 is 0 Å². The highest BCUT2D eigenvalue weighted by Crippen LogP contribution is 2.07. The topological polar surface area (TPSA) is 29.3 Å². The van der Waals surface area contributed by atoms with Crippen molar-refractivity contribution in [1.82, 2.24) is 14.7 Å². The van der Waals surface area contributed by atoms with Crippen LogP contribution >= 0.6 is 0 Å². The highest BCUT2D eigenvalue weighted by molar-refractivity contribution is 5.39. The van der Waals surface area contributed by atoms with Gasteiger partial charge in [0.2, 0.25) is 0 Å². The van der Waals surface area contributed by atoms with Gasteiger partial charge in [0.1, 0.15) is 5.65 Å². The Kier molecular flexibility index (Phi) is 2.49. The van der Waals surface area contributed by atoms with E-state index in [1.165, 1.54) is 5.69 Å². The van der Waals surface area contributed by atoms with E-state index >= 15 is 0 Å². The Morgan fingerprint density at radius 3 is 2.87 bits per heavy atom. The smallest absolute Gasteiger partial charge is 0.136 e. The first-order valence-corrected chi connectivity index (χ1v) is 5.22. The molecule has 0 fully saturated rings. The highest BCUT2D eigenvalue weighted by Gasteiger charge is 2.10. The zero-order chi connectivity index (χ0) is 10.9. The van der Waals surface area contributed by atoms with Gasteiger partial charge >= 0.3 is 0 Å². The molecule has 0 aliphatic carbocycles. The third kappa shape index (κ3) is 2.36. The molecule has 2 aromatic heterocycles. The number of pyridine rings is 1. The third-order valence-electron chi connectivity index (χ3n) is 2.29. The maximum absolute atomic E-state index is 4.34. The maximum atomic E-state index is 4.34. The SMILES string of the molecule is CC(C)(C)NCc1cnc2ccccn12. The van der Waals surface area contributed by atoms with Crippen LogP contribution in [0, 0.1) is 0 Å². The first-order chi connectivity index (χ1) is 7.06. The molecule has 2 aromatic rings. The van der Waals surface area contributed by atoms with Gasteiger partial charge in [-0.1, -0.05) is 6.07 Å². The molecule has 0 saturated carbocycles. The molecule has 15 heavy (non-hydrogen) atoms. The van der Waals surface area contributed by atoms with Gasteiger partial charge in [-0.15, -0.1) is 0 Å². The lowest BCUT2D eigenvalue weighted by Crippen LogP contribution is -2.35. The molecular formula is C12H17N3. The van der Waals surface area contributed by atoms with E-state index in [0.29, 0.717) is 0 Å². The number of imidazole rings is 1. The molecule has 0 spiro atoms. The van der Waals surface area contributed by atoms with E-state index in [1.54, 1.807) is 0 Å². The summed E-state index contributed by atoms with van der Waals surface area (Å²) in [5.74, 6) is 0. The standard InChI is InChI=1S/C12H17N3/c1-12(2,3)14-9-10-8-13-11-6-4-5-7-15(10)11/h4-8,14H,9H2,1-3H3. The van der Waals surface area contributed by atoms with E-state index in [4.69, 9.17) is 0 Å². The van der Waals surface area contributed by atoms with Crippen LogP contribution in [0.4, 0.5) is 0 Å². The van der Waals surface area contributed by atoms with E-state index in [1.807, 2.05) is 30.6 Å². The molecule has 2 heterocycles. The summed E-state index contributed by atoms with van der Waals surface area (Å²) in [6.07, 6.45) is 3.97. The molecule has 3 nitrogen and oxygen atoms in total. The van der Waals surface area contributed by atoms with Crippen LogP contribution < -0.4 is 5.32 Å². The van der Waals surface area contributed by atoms with Crippen molar-refractivity contribution in [2.45, 2.75) is 32.9 Å². The highest BCUT2D eigenvalue weighted by atomic mass is 15.0. The number of nitrogens with one attached hydrogen (secondary N) is 1. The molecule has 1 N–H and O–H groups in total. The summed E-state index contributed by atoms with van der Waals surface area (Å²) in [4.78, 5) is 4.34. The zero-order valence-electron chi connectivity index (χ0n) is 9.49. The Bertz CT molecular complexity index is 451. The molecule has 2 rings (SSSR count). The number of hydrogen-bond acceptors (Lipinski definition) is 2.